The number of nitrogens with zero attached hydrogens (tertiary/aromatic N) is 1. The molecule has 0 saturated carbocycles. The molecule has 110 valence electrons. The predicted molar refractivity (Wildman–Crippen MR) is 73.9 cm³/mol. The van der Waals surface area contributed by atoms with E-state index in [4.69, 9.17) is 5.11 Å². The average molecular weight is 270 g/mol. The van der Waals surface area contributed by atoms with Crippen LogP contribution in [0.15, 0.2) is 0 Å². The molecule has 0 spiro atoms. The number of piperidine rings is 1. The van der Waals surface area contributed by atoms with Gasteiger partial charge in [-0.25, -0.2) is 0 Å². The molecule has 1 atom stereocenters. The molecular weight excluding hydrogens is 244 g/mol. The Balaban J connectivity index is 2.28. The summed E-state index contributed by atoms with van der Waals surface area (Å²) in [6.07, 6.45) is 3.66. The maximum absolute atomic E-state index is 12.0. The summed E-state index contributed by atoms with van der Waals surface area (Å²) in [4.78, 5) is 24.4. The van der Waals surface area contributed by atoms with Crippen LogP contribution in [0, 0.1) is 11.8 Å². The van der Waals surface area contributed by atoms with Crippen LogP contribution in [0.2, 0.25) is 0 Å². The third-order valence-corrected chi connectivity index (χ3v) is 3.52. The van der Waals surface area contributed by atoms with Crippen LogP contribution in [0.4, 0.5) is 0 Å². The number of hydrogen-bond donors (Lipinski definition) is 2. The third-order valence-electron chi connectivity index (χ3n) is 3.52. The van der Waals surface area contributed by atoms with Crippen LogP contribution >= 0.6 is 0 Å². The number of likely N-dealkylation sites (tertiary alicyclic amines) is 1. The van der Waals surface area contributed by atoms with Gasteiger partial charge < -0.3 is 15.3 Å². The zero-order valence-electron chi connectivity index (χ0n) is 12.0. The molecule has 1 unspecified atom stereocenters. The van der Waals surface area contributed by atoms with Crippen molar-refractivity contribution in [1.82, 2.24) is 10.2 Å². The molecule has 1 aliphatic heterocycles. The first-order chi connectivity index (χ1) is 8.99. The first-order valence-corrected chi connectivity index (χ1v) is 7.19. The summed E-state index contributed by atoms with van der Waals surface area (Å²) in [5.41, 5.74) is 0. The molecule has 0 aromatic rings. The van der Waals surface area contributed by atoms with Crippen LogP contribution in [-0.2, 0) is 9.59 Å². The molecule has 1 aliphatic rings. The fourth-order valence-corrected chi connectivity index (χ4v) is 2.41. The van der Waals surface area contributed by atoms with E-state index in [9.17, 15) is 9.59 Å². The molecule has 1 fully saturated rings. The van der Waals surface area contributed by atoms with Gasteiger partial charge in [-0.1, -0.05) is 13.8 Å². The maximum atomic E-state index is 12.0. The van der Waals surface area contributed by atoms with E-state index in [0.29, 0.717) is 24.8 Å². The quantitative estimate of drug-likeness (QED) is 0.732. The number of carbonyl (C=O) groups is 2. The predicted octanol–water partition coefficient (Wildman–Crippen LogP) is 1.34. The van der Waals surface area contributed by atoms with Gasteiger partial charge in [-0.2, -0.15) is 0 Å². The Morgan fingerprint density at radius 1 is 1.42 bits per heavy atom. The van der Waals surface area contributed by atoms with E-state index in [1.54, 1.807) is 0 Å². The van der Waals surface area contributed by atoms with E-state index in [0.717, 1.165) is 32.4 Å². The highest BCUT2D eigenvalue weighted by molar-refractivity contribution is 5.76. The number of aliphatic carboxylic acids is 1. The Kier molecular flexibility index (Phi) is 6.84. The lowest BCUT2D eigenvalue weighted by Crippen LogP contribution is -2.43. The van der Waals surface area contributed by atoms with E-state index >= 15 is 0 Å². The summed E-state index contributed by atoms with van der Waals surface area (Å²) in [6, 6.07) is 0. The van der Waals surface area contributed by atoms with Gasteiger partial charge in [0.2, 0.25) is 5.91 Å². The van der Waals surface area contributed by atoms with Crippen molar-refractivity contribution in [3.63, 3.8) is 0 Å². The van der Waals surface area contributed by atoms with Gasteiger partial charge in [0.05, 0.1) is 6.54 Å². The van der Waals surface area contributed by atoms with Gasteiger partial charge in [-0.05, 0) is 31.1 Å². The molecule has 1 amide bonds. The normalized spacial score (nSPS) is 19.7. The first kappa shape index (κ1) is 16.0. The Bertz CT molecular complexity index is 305. The minimum atomic E-state index is -0.833. The van der Waals surface area contributed by atoms with Gasteiger partial charge in [0.25, 0.3) is 0 Å². The Morgan fingerprint density at radius 2 is 2.16 bits per heavy atom. The summed E-state index contributed by atoms with van der Waals surface area (Å²) in [6.45, 7) is 6.55. The molecule has 1 heterocycles. The first-order valence-electron chi connectivity index (χ1n) is 7.19. The van der Waals surface area contributed by atoms with Gasteiger partial charge in [-0.3, -0.25) is 9.59 Å². The lowest BCUT2D eigenvalue weighted by atomic mass is 9.97. The largest absolute Gasteiger partial charge is 0.480 e. The fraction of sp³-hybridized carbons (Fsp3) is 0.857. The van der Waals surface area contributed by atoms with Gasteiger partial charge in [-0.15, -0.1) is 0 Å². The molecular formula is C14H26N2O3. The van der Waals surface area contributed by atoms with E-state index in [-0.39, 0.29) is 12.5 Å². The van der Waals surface area contributed by atoms with Gasteiger partial charge in [0, 0.05) is 26.1 Å². The van der Waals surface area contributed by atoms with Crippen LogP contribution in [0.25, 0.3) is 0 Å². The van der Waals surface area contributed by atoms with Crippen molar-refractivity contribution >= 4 is 11.9 Å². The number of amides is 1. The highest BCUT2D eigenvalue weighted by Gasteiger charge is 2.23. The number of carboxylic acids is 1. The summed E-state index contributed by atoms with van der Waals surface area (Å²) in [7, 11) is 0. The number of hydrogen-bond acceptors (Lipinski definition) is 3. The minimum Gasteiger partial charge on any atom is -0.480 e. The monoisotopic (exact) mass is 270 g/mol. The lowest BCUT2D eigenvalue weighted by Gasteiger charge is -2.33. The topological polar surface area (TPSA) is 69.6 Å². The van der Waals surface area contributed by atoms with Crippen molar-refractivity contribution in [2.75, 3.05) is 26.2 Å². The second-order valence-corrected chi connectivity index (χ2v) is 5.81. The van der Waals surface area contributed by atoms with Crippen molar-refractivity contribution < 1.29 is 14.7 Å². The second-order valence-electron chi connectivity index (χ2n) is 5.81. The Labute approximate surface area is 115 Å². The van der Waals surface area contributed by atoms with Crippen molar-refractivity contribution in [2.24, 2.45) is 11.8 Å². The zero-order valence-corrected chi connectivity index (χ0v) is 12.0. The summed E-state index contributed by atoms with van der Waals surface area (Å²) >= 11 is 0. The van der Waals surface area contributed by atoms with Crippen LogP contribution in [0.1, 0.15) is 39.5 Å². The summed E-state index contributed by atoms with van der Waals surface area (Å²) in [5, 5.41) is 11.5. The highest BCUT2D eigenvalue weighted by Crippen LogP contribution is 2.17. The number of rotatable bonds is 7. The average Bonchev–Trinajstić information content (AvgIpc) is 2.36. The Morgan fingerprint density at radius 3 is 2.79 bits per heavy atom. The van der Waals surface area contributed by atoms with Crippen LogP contribution in [-0.4, -0.2) is 48.1 Å². The fourth-order valence-electron chi connectivity index (χ4n) is 2.41. The van der Waals surface area contributed by atoms with Gasteiger partial charge in [0.1, 0.15) is 0 Å². The Hall–Kier alpha value is -1.10. The summed E-state index contributed by atoms with van der Waals surface area (Å²) < 4.78 is 0. The lowest BCUT2D eigenvalue weighted by molar-refractivity contribution is -0.136. The molecule has 1 rings (SSSR count). The standard InChI is InChI=1S/C14H26N2O3/c1-11(2)5-6-13(17)16-7-3-4-12(10-16)8-15-9-14(18)19/h11-12,15H,3-10H2,1-2H3,(H,18,19). The highest BCUT2D eigenvalue weighted by atomic mass is 16.4. The van der Waals surface area contributed by atoms with E-state index in [1.165, 1.54) is 0 Å². The molecule has 2 N–H and O–H groups in total. The van der Waals surface area contributed by atoms with Crippen molar-refractivity contribution in [3.8, 4) is 0 Å². The number of carbonyl (C=O) groups excluding carboxylic acids is 1. The zero-order chi connectivity index (χ0) is 14.3. The van der Waals surface area contributed by atoms with Crippen LogP contribution in [0.3, 0.4) is 0 Å². The second kappa shape index (κ2) is 8.15. The van der Waals surface area contributed by atoms with Crippen molar-refractivity contribution in [1.29, 1.82) is 0 Å². The van der Waals surface area contributed by atoms with Gasteiger partial charge >= 0.3 is 5.97 Å². The molecule has 5 nitrogen and oxygen atoms in total. The number of nitrogens with one attached hydrogen (secondary N) is 1. The van der Waals surface area contributed by atoms with Crippen molar-refractivity contribution in [2.45, 2.75) is 39.5 Å². The van der Waals surface area contributed by atoms with Crippen molar-refractivity contribution in [3.05, 3.63) is 0 Å². The van der Waals surface area contributed by atoms with E-state index < -0.39 is 5.97 Å². The van der Waals surface area contributed by atoms with Gasteiger partial charge in [0.15, 0.2) is 0 Å². The van der Waals surface area contributed by atoms with E-state index in [1.807, 2.05) is 4.90 Å². The molecule has 19 heavy (non-hydrogen) atoms. The number of carboxylic acid groups (broad SMARTS) is 1. The third kappa shape index (κ3) is 6.57. The molecule has 1 saturated heterocycles. The summed E-state index contributed by atoms with van der Waals surface area (Å²) in [5.74, 6) is 0.357. The minimum absolute atomic E-state index is 0.00219. The SMILES string of the molecule is CC(C)CCC(=O)N1CCCC(CNCC(=O)O)C1. The molecule has 0 aromatic carbocycles. The molecule has 5 heteroatoms. The van der Waals surface area contributed by atoms with Crippen LogP contribution in [0.5, 0.6) is 0 Å². The smallest absolute Gasteiger partial charge is 0.317 e. The molecule has 0 radical (unpaired) electrons. The van der Waals surface area contributed by atoms with E-state index in [2.05, 4.69) is 19.2 Å². The molecule has 0 bridgehead atoms. The van der Waals surface area contributed by atoms with Crippen LogP contribution < -0.4 is 5.32 Å². The molecule has 0 aromatic heterocycles. The maximum Gasteiger partial charge on any atom is 0.317 e. The molecule has 0 aliphatic carbocycles.